The summed E-state index contributed by atoms with van der Waals surface area (Å²) < 4.78 is 21.7. The second kappa shape index (κ2) is 5.23. The zero-order chi connectivity index (χ0) is 19.8. The highest BCUT2D eigenvalue weighted by Crippen LogP contribution is 2.73. The minimum Gasteiger partial charge on any atom is -0.422 e. The van der Waals surface area contributed by atoms with Gasteiger partial charge in [0.2, 0.25) is 0 Å². The maximum absolute atomic E-state index is 12.7. The van der Waals surface area contributed by atoms with Gasteiger partial charge in [0, 0.05) is 26.2 Å². The van der Waals surface area contributed by atoms with Crippen molar-refractivity contribution in [1.82, 2.24) is 0 Å². The van der Waals surface area contributed by atoms with Crippen molar-refractivity contribution in [2.75, 3.05) is 0 Å². The quantitative estimate of drug-likeness (QED) is 0.537. The van der Waals surface area contributed by atoms with Crippen LogP contribution in [0, 0.1) is 22.7 Å². The average Bonchev–Trinajstić information content (AvgIpc) is 3.50. The van der Waals surface area contributed by atoms with Gasteiger partial charge in [0.05, 0.1) is 0 Å². The molecule has 2 saturated carbocycles. The molecule has 148 valence electrons. The summed E-state index contributed by atoms with van der Waals surface area (Å²) in [5.74, 6) is -5.95. The molecule has 2 atom stereocenters. The Morgan fingerprint density at radius 3 is 1.41 bits per heavy atom. The highest BCUT2D eigenvalue weighted by molar-refractivity contribution is 6.08. The summed E-state index contributed by atoms with van der Waals surface area (Å²) in [4.78, 5) is 50.5. The summed E-state index contributed by atoms with van der Waals surface area (Å²) in [6.07, 6.45) is 1.50. The lowest BCUT2D eigenvalue weighted by Gasteiger charge is -2.38. The molecule has 2 saturated heterocycles. The first-order valence-electron chi connectivity index (χ1n) is 9.57. The molecule has 0 aromatic rings. The summed E-state index contributed by atoms with van der Waals surface area (Å²) in [5, 5.41) is 0. The van der Waals surface area contributed by atoms with Crippen LogP contribution >= 0.6 is 0 Å². The Balaban J connectivity index is 1.54. The number of hydrogen-bond donors (Lipinski definition) is 0. The molecule has 4 fully saturated rings. The fraction of sp³-hybridized carbons (Fsp3) is 0.789. The number of hydrogen-bond acceptors (Lipinski definition) is 8. The first kappa shape index (κ1) is 18.3. The van der Waals surface area contributed by atoms with E-state index in [-0.39, 0.29) is 12.8 Å². The van der Waals surface area contributed by atoms with Gasteiger partial charge in [-0.15, -0.1) is 0 Å². The van der Waals surface area contributed by atoms with E-state index in [9.17, 15) is 19.2 Å². The summed E-state index contributed by atoms with van der Waals surface area (Å²) in [6, 6.07) is 0. The van der Waals surface area contributed by atoms with Crippen LogP contribution in [0.1, 0.15) is 59.8 Å². The molecule has 27 heavy (non-hydrogen) atoms. The minimum atomic E-state index is -1.41. The fourth-order valence-electron chi connectivity index (χ4n) is 4.47. The molecule has 2 spiro atoms. The Kier molecular flexibility index (Phi) is 3.54. The standard InChI is InChI=1S/C19H24O8/c1-5-16(4)24-12(20)18(13(21)25-16)8-10(18)11-9-19(11)14(22)26-17(6-2,7-3)27-15(19)23/h10-11H,5-9H2,1-4H3. The number of ether oxygens (including phenoxy) is 4. The first-order valence-corrected chi connectivity index (χ1v) is 9.57. The molecule has 2 unspecified atom stereocenters. The maximum Gasteiger partial charge on any atom is 0.327 e. The lowest BCUT2D eigenvalue weighted by atomic mass is 9.93. The Hall–Kier alpha value is -2.12. The van der Waals surface area contributed by atoms with Crippen LogP contribution in [0.5, 0.6) is 0 Å². The van der Waals surface area contributed by atoms with Crippen molar-refractivity contribution in [2.24, 2.45) is 22.7 Å². The lowest BCUT2D eigenvalue weighted by molar-refractivity contribution is -0.259. The maximum atomic E-state index is 12.7. The molecule has 0 bridgehead atoms. The van der Waals surface area contributed by atoms with E-state index in [2.05, 4.69) is 0 Å². The van der Waals surface area contributed by atoms with E-state index < -0.39 is 58.1 Å². The molecular weight excluding hydrogens is 356 g/mol. The van der Waals surface area contributed by atoms with E-state index in [4.69, 9.17) is 18.9 Å². The van der Waals surface area contributed by atoms with Crippen molar-refractivity contribution in [3.8, 4) is 0 Å². The Morgan fingerprint density at radius 2 is 1.07 bits per heavy atom. The number of carbonyl (C=O) groups is 4. The topological polar surface area (TPSA) is 105 Å². The smallest absolute Gasteiger partial charge is 0.327 e. The van der Waals surface area contributed by atoms with Gasteiger partial charge in [-0.3, -0.25) is 19.2 Å². The molecule has 0 radical (unpaired) electrons. The number of cyclic esters (lactones) is 4. The Bertz CT molecular complexity index is 711. The molecule has 0 amide bonds. The van der Waals surface area contributed by atoms with Crippen molar-refractivity contribution < 1.29 is 38.1 Å². The van der Waals surface area contributed by atoms with Crippen LogP contribution in [0.3, 0.4) is 0 Å². The SMILES string of the molecule is CCC1(C)OC(=O)C2(CC2C2CC23C(=O)OC(CC)(CC)OC3=O)C(=O)O1. The second-order valence-electron chi connectivity index (χ2n) is 8.23. The molecule has 4 rings (SSSR count). The molecule has 2 aliphatic heterocycles. The van der Waals surface area contributed by atoms with Crippen molar-refractivity contribution in [1.29, 1.82) is 0 Å². The summed E-state index contributed by atoms with van der Waals surface area (Å²) in [7, 11) is 0. The van der Waals surface area contributed by atoms with Crippen molar-refractivity contribution in [3.05, 3.63) is 0 Å². The van der Waals surface area contributed by atoms with Gasteiger partial charge >= 0.3 is 23.9 Å². The van der Waals surface area contributed by atoms with Crippen LogP contribution < -0.4 is 0 Å². The van der Waals surface area contributed by atoms with Gasteiger partial charge in [0.25, 0.3) is 11.6 Å². The van der Waals surface area contributed by atoms with Crippen LogP contribution in [0.15, 0.2) is 0 Å². The van der Waals surface area contributed by atoms with Gasteiger partial charge in [-0.1, -0.05) is 20.8 Å². The van der Waals surface area contributed by atoms with Crippen molar-refractivity contribution in [2.45, 2.75) is 71.4 Å². The van der Waals surface area contributed by atoms with E-state index in [0.717, 1.165) is 0 Å². The number of esters is 4. The molecule has 0 aromatic heterocycles. The van der Waals surface area contributed by atoms with E-state index in [1.54, 1.807) is 20.8 Å². The van der Waals surface area contributed by atoms with Crippen molar-refractivity contribution in [3.63, 3.8) is 0 Å². The third-order valence-electron chi connectivity index (χ3n) is 6.87. The highest BCUT2D eigenvalue weighted by Gasteiger charge is 2.84. The largest absolute Gasteiger partial charge is 0.422 e. The van der Waals surface area contributed by atoms with Crippen LogP contribution in [0.2, 0.25) is 0 Å². The zero-order valence-corrected chi connectivity index (χ0v) is 16.0. The van der Waals surface area contributed by atoms with Gasteiger partial charge in [0.1, 0.15) is 0 Å². The summed E-state index contributed by atoms with van der Waals surface area (Å²) in [5.41, 5.74) is -2.82. The molecule has 2 heterocycles. The monoisotopic (exact) mass is 380 g/mol. The van der Waals surface area contributed by atoms with Gasteiger partial charge in [-0.2, -0.15) is 0 Å². The molecule has 8 nitrogen and oxygen atoms in total. The van der Waals surface area contributed by atoms with Crippen molar-refractivity contribution >= 4 is 23.9 Å². The molecule has 2 aliphatic carbocycles. The molecule has 8 heteroatoms. The molecular formula is C19H24O8. The Morgan fingerprint density at radius 1 is 0.704 bits per heavy atom. The van der Waals surface area contributed by atoms with Gasteiger partial charge in [-0.25, -0.2) is 0 Å². The predicted octanol–water partition coefficient (Wildman–Crippen LogP) is 1.84. The molecule has 0 aromatic carbocycles. The number of rotatable bonds is 4. The van der Waals surface area contributed by atoms with E-state index in [0.29, 0.717) is 19.3 Å². The fourth-order valence-corrected chi connectivity index (χ4v) is 4.47. The molecule has 0 N–H and O–H groups in total. The lowest BCUT2D eigenvalue weighted by Crippen LogP contribution is -2.52. The predicted molar refractivity (Wildman–Crippen MR) is 87.5 cm³/mol. The van der Waals surface area contributed by atoms with Gasteiger partial charge in [-0.05, 0) is 24.7 Å². The summed E-state index contributed by atoms with van der Waals surface area (Å²) in [6.45, 7) is 6.85. The third kappa shape index (κ3) is 2.15. The normalized spacial score (nSPS) is 37.3. The van der Waals surface area contributed by atoms with Crippen LogP contribution in [-0.2, 0) is 38.1 Å². The summed E-state index contributed by atoms with van der Waals surface area (Å²) >= 11 is 0. The number of carbonyl (C=O) groups excluding carboxylic acids is 4. The first-order chi connectivity index (χ1) is 12.6. The van der Waals surface area contributed by atoms with E-state index in [1.165, 1.54) is 6.92 Å². The second-order valence-corrected chi connectivity index (χ2v) is 8.23. The van der Waals surface area contributed by atoms with Crippen LogP contribution in [-0.4, -0.2) is 35.5 Å². The van der Waals surface area contributed by atoms with E-state index in [1.807, 2.05) is 0 Å². The zero-order valence-electron chi connectivity index (χ0n) is 16.0. The average molecular weight is 380 g/mol. The van der Waals surface area contributed by atoms with E-state index >= 15 is 0 Å². The highest BCUT2D eigenvalue weighted by atomic mass is 16.8. The molecule has 4 aliphatic rings. The Labute approximate surface area is 156 Å². The van der Waals surface area contributed by atoms with Gasteiger partial charge < -0.3 is 18.9 Å². The third-order valence-corrected chi connectivity index (χ3v) is 6.87. The van der Waals surface area contributed by atoms with Crippen LogP contribution in [0.4, 0.5) is 0 Å². The van der Waals surface area contributed by atoms with Gasteiger partial charge in [0.15, 0.2) is 10.8 Å². The van der Waals surface area contributed by atoms with Crippen LogP contribution in [0.25, 0.3) is 0 Å². The minimum absolute atomic E-state index is 0.212.